The summed E-state index contributed by atoms with van der Waals surface area (Å²) in [6, 6.07) is 16.6. The summed E-state index contributed by atoms with van der Waals surface area (Å²) >= 11 is 0. The van der Waals surface area contributed by atoms with E-state index in [9.17, 15) is 14.9 Å². The highest BCUT2D eigenvalue weighted by Gasteiger charge is 2.40. The van der Waals surface area contributed by atoms with E-state index < -0.39 is 23.3 Å². The number of carbonyl (C=O) groups is 1. The molecule has 0 saturated carbocycles. The third-order valence-electron chi connectivity index (χ3n) is 5.05. The number of aryl methyl sites for hydroxylation is 1. The van der Waals surface area contributed by atoms with E-state index in [0.29, 0.717) is 17.0 Å². The first-order valence-electron chi connectivity index (χ1n) is 9.32. The maximum Gasteiger partial charge on any atom is 0.258 e. The summed E-state index contributed by atoms with van der Waals surface area (Å²) in [5.41, 5.74) is 2.29. The minimum atomic E-state index is -1.02. The molecular formula is C22H19N5O3. The number of fused-ring (bicyclic) bond motifs is 1. The number of rotatable bonds is 4. The minimum absolute atomic E-state index is 0.150. The second kappa shape index (κ2) is 7.72. The summed E-state index contributed by atoms with van der Waals surface area (Å²) in [4.78, 5) is 32.6. The SMILES string of the molecule is COc1ccc(Nc2nc3c(c(=O)[nH]2)[C@@H](c2ccc(C)cc2)[C@H](C#N)C(=O)N3)cc1. The van der Waals surface area contributed by atoms with Gasteiger partial charge >= 0.3 is 0 Å². The van der Waals surface area contributed by atoms with Crippen LogP contribution in [0, 0.1) is 24.2 Å². The average molecular weight is 401 g/mol. The van der Waals surface area contributed by atoms with E-state index in [2.05, 4.69) is 20.6 Å². The van der Waals surface area contributed by atoms with Gasteiger partial charge in [-0.2, -0.15) is 10.2 Å². The Hall–Kier alpha value is -4.12. The number of ether oxygens (including phenoxy) is 1. The normalized spacial score (nSPS) is 17.4. The number of aromatic nitrogens is 2. The molecule has 3 N–H and O–H groups in total. The molecule has 4 rings (SSSR count). The monoisotopic (exact) mass is 401 g/mol. The molecule has 8 nitrogen and oxygen atoms in total. The molecule has 0 saturated heterocycles. The van der Waals surface area contributed by atoms with Gasteiger partial charge in [-0.05, 0) is 36.8 Å². The molecule has 1 aliphatic heterocycles. The highest BCUT2D eigenvalue weighted by molar-refractivity contribution is 5.98. The van der Waals surface area contributed by atoms with Crippen molar-refractivity contribution in [1.29, 1.82) is 5.26 Å². The molecule has 3 aromatic rings. The van der Waals surface area contributed by atoms with Crippen LogP contribution in [0.25, 0.3) is 0 Å². The van der Waals surface area contributed by atoms with E-state index in [1.807, 2.05) is 37.3 Å². The molecule has 0 unspecified atom stereocenters. The predicted octanol–water partition coefficient (Wildman–Crippen LogP) is 3.05. The van der Waals surface area contributed by atoms with Crippen LogP contribution in [0.2, 0.25) is 0 Å². The van der Waals surface area contributed by atoms with E-state index >= 15 is 0 Å². The fourth-order valence-corrected chi connectivity index (χ4v) is 3.52. The Labute approximate surface area is 172 Å². The number of nitriles is 1. The number of nitrogens with one attached hydrogen (secondary N) is 3. The van der Waals surface area contributed by atoms with Crippen molar-refractivity contribution >= 4 is 23.4 Å². The quantitative estimate of drug-likeness (QED) is 0.618. The third-order valence-corrected chi connectivity index (χ3v) is 5.05. The topological polar surface area (TPSA) is 120 Å². The molecule has 0 spiro atoms. The zero-order valence-electron chi connectivity index (χ0n) is 16.4. The number of nitrogens with zero attached hydrogens (tertiary/aromatic N) is 2. The standard InChI is InChI=1S/C22H19N5O3/c1-12-3-5-13(6-4-12)17-16(11-23)20(28)25-19-18(17)21(29)27-22(26-19)24-14-7-9-15(30-2)10-8-14/h3-10,16-17H,1-2H3,(H3,24,25,26,27,28,29)/t16-,17-/m0/s1. The number of carbonyl (C=O) groups excluding carboxylic acids is 1. The maximum atomic E-state index is 13.0. The third kappa shape index (κ3) is 3.49. The highest BCUT2D eigenvalue weighted by Crippen LogP contribution is 2.38. The van der Waals surface area contributed by atoms with Crippen molar-refractivity contribution in [1.82, 2.24) is 9.97 Å². The molecule has 2 aromatic carbocycles. The van der Waals surface area contributed by atoms with Gasteiger partial charge in [0.25, 0.3) is 5.56 Å². The van der Waals surface area contributed by atoms with Gasteiger partial charge in [0.2, 0.25) is 11.9 Å². The molecule has 2 heterocycles. The van der Waals surface area contributed by atoms with E-state index in [1.54, 1.807) is 31.4 Å². The smallest absolute Gasteiger partial charge is 0.258 e. The summed E-state index contributed by atoms with van der Waals surface area (Å²) < 4.78 is 5.13. The van der Waals surface area contributed by atoms with Crippen molar-refractivity contribution < 1.29 is 9.53 Å². The largest absolute Gasteiger partial charge is 0.497 e. The second-order valence-electron chi connectivity index (χ2n) is 7.01. The Bertz CT molecular complexity index is 1190. The lowest BCUT2D eigenvalue weighted by Crippen LogP contribution is -2.38. The van der Waals surface area contributed by atoms with Gasteiger partial charge in [0.15, 0.2) is 0 Å². The Morgan fingerprint density at radius 3 is 2.43 bits per heavy atom. The average Bonchev–Trinajstić information content (AvgIpc) is 2.74. The summed E-state index contributed by atoms with van der Waals surface area (Å²) in [5, 5.41) is 15.2. The predicted molar refractivity (Wildman–Crippen MR) is 112 cm³/mol. The Balaban J connectivity index is 1.76. The van der Waals surface area contributed by atoms with E-state index in [1.165, 1.54) is 0 Å². The van der Waals surface area contributed by atoms with E-state index in [-0.39, 0.29) is 17.3 Å². The molecule has 1 aromatic heterocycles. The van der Waals surface area contributed by atoms with Crippen LogP contribution in [0.5, 0.6) is 5.75 Å². The van der Waals surface area contributed by atoms with E-state index in [0.717, 1.165) is 5.56 Å². The summed E-state index contributed by atoms with van der Waals surface area (Å²) in [6.45, 7) is 1.94. The molecule has 0 aliphatic carbocycles. The van der Waals surface area contributed by atoms with Crippen LogP contribution in [-0.2, 0) is 4.79 Å². The van der Waals surface area contributed by atoms with Crippen LogP contribution >= 0.6 is 0 Å². The highest BCUT2D eigenvalue weighted by atomic mass is 16.5. The van der Waals surface area contributed by atoms with Crippen LogP contribution < -0.4 is 20.9 Å². The molecule has 1 aliphatic rings. The zero-order chi connectivity index (χ0) is 21.3. The van der Waals surface area contributed by atoms with Gasteiger partial charge in [0.1, 0.15) is 17.5 Å². The molecule has 2 atom stereocenters. The van der Waals surface area contributed by atoms with Crippen molar-refractivity contribution in [3.8, 4) is 11.8 Å². The van der Waals surface area contributed by atoms with Crippen LogP contribution in [-0.4, -0.2) is 23.0 Å². The van der Waals surface area contributed by atoms with Gasteiger partial charge < -0.3 is 15.4 Å². The molecule has 1 amide bonds. The van der Waals surface area contributed by atoms with Gasteiger partial charge in [-0.1, -0.05) is 29.8 Å². The first-order chi connectivity index (χ1) is 14.5. The molecular weight excluding hydrogens is 382 g/mol. The second-order valence-corrected chi connectivity index (χ2v) is 7.01. The lowest BCUT2D eigenvalue weighted by Gasteiger charge is -2.28. The van der Waals surface area contributed by atoms with Crippen molar-refractivity contribution in [2.75, 3.05) is 17.7 Å². The molecule has 30 heavy (non-hydrogen) atoms. The van der Waals surface area contributed by atoms with Crippen molar-refractivity contribution in [2.45, 2.75) is 12.8 Å². The maximum absolute atomic E-state index is 13.0. The summed E-state index contributed by atoms with van der Waals surface area (Å²) in [5.74, 6) is -1.18. The van der Waals surface area contributed by atoms with Gasteiger partial charge in [-0.15, -0.1) is 0 Å². The van der Waals surface area contributed by atoms with E-state index in [4.69, 9.17) is 4.74 Å². The number of benzene rings is 2. The molecule has 0 bridgehead atoms. The number of H-pyrrole nitrogens is 1. The van der Waals surface area contributed by atoms with Crippen LogP contribution in [0.15, 0.2) is 53.3 Å². The lowest BCUT2D eigenvalue weighted by atomic mass is 9.79. The van der Waals surface area contributed by atoms with Gasteiger partial charge in [-0.25, -0.2) is 0 Å². The zero-order valence-corrected chi connectivity index (χ0v) is 16.4. The fourth-order valence-electron chi connectivity index (χ4n) is 3.52. The van der Waals surface area contributed by atoms with Gasteiger partial charge in [0.05, 0.1) is 18.7 Å². The first-order valence-corrected chi connectivity index (χ1v) is 9.32. The number of amides is 1. The van der Waals surface area contributed by atoms with Crippen LogP contribution in [0.4, 0.5) is 17.5 Å². The molecule has 0 fully saturated rings. The number of hydrogen-bond donors (Lipinski definition) is 3. The number of methoxy groups -OCH3 is 1. The molecule has 0 radical (unpaired) electrons. The van der Waals surface area contributed by atoms with Crippen LogP contribution in [0.3, 0.4) is 0 Å². The number of aromatic amines is 1. The first kappa shape index (κ1) is 19.2. The summed E-state index contributed by atoms with van der Waals surface area (Å²) in [6.07, 6.45) is 0. The molecule has 8 heteroatoms. The van der Waals surface area contributed by atoms with Crippen molar-refractivity contribution in [3.63, 3.8) is 0 Å². The van der Waals surface area contributed by atoms with Crippen molar-refractivity contribution in [3.05, 3.63) is 75.6 Å². The van der Waals surface area contributed by atoms with Gasteiger partial charge in [-0.3, -0.25) is 14.6 Å². The Morgan fingerprint density at radius 1 is 1.10 bits per heavy atom. The fraction of sp³-hybridized carbons (Fsp3) is 0.182. The van der Waals surface area contributed by atoms with Crippen molar-refractivity contribution in [2.24, 2.45) is 5.92 Å². The summed E-state index contributed by atoms with van der Waals surface area (Å²) in [7, 11) is 1.58. The number of anilines is 3. The minimum Gasteiger partial charge on any atom is -0.497 e. The molecule has 150 valence electrons. The van der Waals surface area contributed by atoms with Gasteiger partial charge in [0, 0.05) is 11.6 Å². The van der Waals surface area contributed by atoms with Crippen LogP contribution in [0.1, 0.15) is 22.6 Å². The lowest BCUT2D eigenvalue weighted by molar-refractivity contribution is -0.119. The number of hydrogen-bond acceptors (Lipinski definition) is 6. The Kier molecular flexibility index (Phi) is 4.94. The Morgan fingerprint density at radius 2 is 1.80 bits per heavy atom.